The van der Waals surface area contributed by atoms with Crippen LogP contribution in [0.15, 0.2) is 98.7 Å². The van der Waals surface area contributed by atoms with Crippen molar-refractivity contribution >= 4 is 54.5 Å². The lowest BCUT2D eigenvalue weighted by Crippen LogP contribution is -2.30. The number of para-hydroxylation sites is 1. The van der Waals surface area contributed by atoms with Gasteiger partial charge in [-0.3, -0.25) is 9.69 Å². The van der Waals surface area contributed by atoms with Crippen LogP contribution < -0.4 is 4.90 Å². The second-order valence-corrected chi connectivity index (χ2v) is 9.81. The Kier molecular flexibility index (Phi) is 5.58. The third-order valence-corrected chi connectivity index (χ3v) is 7.41. The molecule has 0 aromatic heterocycles. The first-order valence-electron chi connectivity index (χ1n) is 8.67. The summed E-state index contributed by atoms with van der Waals surface area (Å²) in [6, 6.07) is 24.5. The Morgan fingerprint density at radius 3 is 2.07 bits per heavy atom. The molecular weight excluding hydrogens is 472 g/mol. The van der Waals surface area contributed by atoms with Gasteiger partial charge in [-0.15, -0.1) is 4.40 Å². The summed E-state index contributed by atoms with van der Waals surface area (Å²) >= 11 is 4.43. The van der Waals surface area contributed by atoms with E-state index < -0.39 is 15.3 Å². The average molecular weight is 487 g/mol. The number of hydrogen-bond donors (Lipinski definition) is 0. The molecule has 0 unspecified atom stereocenters. The quantitative estimate of drug-likeness (QED) is 0.519. The van der Waals surface area contributed by atoms with Crippen LogP contribution in [-0.4, -0.2) is 19.5 Å². The highest BCUT2D eigenvalue weighted by Crippen LogP contribution is 2.42. The van der Waals surface area contributed by atoms with Gasteiger partial charge in [-0.05, 0) is 42.0 Å². The number of carbonyl (C=O) groups excluding carboxylic acids is 1. The van der Waals surface area contributed by atoms with Gasteiger partial charge in [0.05, 0.1) is 10.6 Å². The van der Waals surface area contributed by atoms with Crippen molar-refractivity contribution in [2.24, 2.45) is 4.40 Å². The Morgan fingerprint density at radius 1 is 0.862 bits per heavy atom. The Hall–Kier alpha value is -2.42. The summed E-state index contributed by atoms with van der Waals surface area (Å²) < 4.78 is 30.5. The molecule has 5 nitrogen and oxygen atoms in total. The minimum atomic E-state index is -3.98. The molecule has 3 aromatic carbocycles. The maximum Gasteiger partial charge on any atom is 0.284 e. The number of halogens is 1. The molecule has 1 atom stereocenters. The maximum absolute atomic E-state index is 13.2. The van der Waals surface area contributed by atoms with Crippen molar-refractivity contribution in [1.29, 1.82) is 0 Å². The molecule has 0 saturated carbocycles. The predicted octanol–water partition coefficient (Wildman–Crippen LogP) is 5.02. The number of nitrogens with zero attached hydrogens (tertiary/aromatic N) is 2. The first-order valence-corrected chi connectivity index (χ1v) is 11.8. The van der Waals surface area contributed by atoms with E-state index in [1.54, 1.807) is 36.4 Å². The molecule has 0 spiro atoms. The lowest BCUT2D eigenvalue weighted by Gasteiger charge is -2.16. The summed E-state index contributed by atoms with van der Waals surface area (Å²) in [5.41, 5.74) is 1.38. The van der Waals surface area contributed by atoms with E-state index in [1.165, 1.54) is 17.0 Å². The number of benzene rings is 3. The number of anilines is 1. The van der Waals surface area contributed by atoms with Crippen molar-refractivity contribution in [3.05, 3.63) is 95.0 Å². The maximum atomic E-state index is 13.2. The number of carbonyl (C=O) groups is 1. The van der Waals surface area contributed by atoms with Gasteiger partial charge in [-0.1, -0.05) is 76.2 Å². The van der Waals surface area contributed by atoms with Gasteiger partial charge in [0.25, 0.3) is 15.9 Å². The van der Waals surface area contributed by atoms with E-state index in [9.17, 15) is 13.2 Å². The minimum absolute atomic E-state index is 0.0671. The van der Waals surface area contributed by atoms with Crippen LogP contribution >= 0.6 is 27.7 Å². The molecule has 8 heteroatoms. The van der Waals surface area contributed by atoms with Crippen LogP contribution in [0.25, 0.3) is 0 Å². The highest BCUT2D eigenvalue weighted by atomic mass is 79.9. The molecule has 1 heterocycles. The van der Waals surface area contributed by atoms with E-state index >= 15 is 0 Å². The molecule has 1 aliphatic heterocycles. The third-order valence-electron chi connectivity index (χ3n) is 4.29. The van der Waals surface area contributed by atoms with Crippen molar-refractivity contribution < 1.29 is 13.2 Å². The predicted molar refractivity (Wildman–Crippen MR) is 119 cm³/mol. The summed E-state index contributed by atoms with van der Waals surface area (Å²) in [5, 5.41) is -0.423. The summed E-state index contributed by atoms with van der Waals surface area (Å²) in [6.07, 6.45) is 0. The van der Waals surface area contributed by atoms with Gasteiger partial charge in [0.15, 0.2) is 5.17 Å². The second-order valence-electron chi connectivity index (χ2n) is 6.22. The van der Waals surface area contributed by atoms with Gasteiger partial charge in [0.2, 0.25) is 0 Å². The normalized spacial score (nSPS) is 18.4. The monoisotopic (exact) mass is 486 g/mol. The van der Waals surface area contributed by atoms with Crippen molar-refractivity contribution in [1.82, 2.24) is 0 Å². The number of thioether (sulfide) groups is 1. The lowest BCUT2D eigenvalue weighted by atomic mass is 10.1. The molecule has 1 aliphatic rings. The van der Waals surface area contributed by atoms with Crippen molar-refractivity contribution in [3.63, 3.8) is 0 Å². The Balaban J connectivity index is 1.79. The van der Waals surface area contributed by atoms with E-state index in [-0.39, 0.29) is 16.0 Å². The highest BCUT2D eigenvalue weighted by molar-refractivity contribution is 9.10. The lowest BCUT2D eigenvalue weighted by molar-refractivity contribution is -0.117. The Morgan fingerprint density at radius 2 is 1.45 bits per heavy atom. The number of rotatable bonds is 4. The summed E-state index contributed by atoms with van der Waals surface area (Å²) in [5.74, 6) is -0.225. The number of hydrogen-bond acceptors (Lipinski definition) is 4. The van der Waals surface area contributed by atoms with Crippen molar-refractivity contribution in [2.45, 2.75) is 10.1 Å². The fraction of sp³-hybridized carbons (Fsp3) is 0.0476. The molecule has 0 N–H and O–H groups in total. The molecule has 0 aliphatic carbocycles. The highest BCUT2D eigenvalue weighted by Gasteiger charge is 2.41. The van der Waals surface area contributed by atoms with E-state index in [2.05, 4.69) is 20.3 Å². The summed E-state index contributed by atoms with van der Waals surface area (Å²) in [6.45, 7) is 0. The van der Waals surface area contributed by atoms with Gasteiger partial charge >= 0.3 is 0 Å². The van der Waals surface area contributed by atoms with Gasteiger partial charge in [-0.25, -0.2) is 0 Å². The van der Waals surface area contributed by atoms with Gasteiger partial charge in [0.1, 0.15) is 5.25 Å². The van der Waals surface area contributed by atoms with Crippen LogP contribution in [0.3, 0.4) is 0 Å². The molecular formula is C21H15BrN2O3S2. The second kappa shape index (κ2) is 8.14. The molecule has 29 heavy (non-hydrogen) atoms. The zero-order chi connectivity index (χ0) is 20.4. The topological polar surface area (TPSA) is 66.8 Å². The van der Waals surface area contributed by atoms with Gasteiger partial charge in [-0.2, -0.15) is 8.42 Å². The summed E-state index contributed by atoms with van der Waals surface area (Å²) in [4.78, 5) is 14.6. The smallest absolute Gasteiger partial charge is 0.272 e. The average Bonchev–Trinajstić information content (AvgIpc) is 3.05. The van der Waals surface area contributed by atoms with Gasteiger partial charge < -0.3 is 0 Å². The van der Waals surface area contributed by atoms with Crippen LogP contribution in [0.2, 0.25) is 0 Å². The fourth-order valence-corrected chi connectivity index (χ4v) is 5.51. The molecule has 1 saturated heterocycles. The van der Waals surface area contributed by atoms with E-state index in [1.807, 2.05) is 36.4 Å². The minimum Gasteiger partial charge on any atom is -0.272 e. The molecule has 146 valence electrons. The first-order chi connectivity index (χ1) is 14.0. The van der Waals surface area contributed by atoms with Crippen molar-refractivity contribution in [2.75, 3.05) is 4.90 Å². The number of sulfonamides is 1. The van der Waals surface area contributed by atoms with Gasteiger partial charge in [0, 0.05) is 4.47 Å². The molecule has 3 aromatic rings. The first kappa shape index (κ1) is 19.9. The Bertz CT molecular complexity index is 1170. The van der Waals surface area contributed by atoms with Crippen LogP contribution in [0.4, 0.5) is 5.69 Å². The van der Waals surface area contributed by atoms with Crippen molar-refractivity contribution in [3.8, 4) is 0 Å². The number of amidine groups is 1. The van der Waals surface area contributed by atoms with E-state index in [0.717, 1.165) is 21.8 Å². The van der Waals surface area contributed by atoms with Crippen LogP contribution in [0.5, 0.6) is 0 Å². The Labute approximate surface area is 181 Å². The summed E-state index contributed by atoms with van der Waals surface area (Å²) in [7, 11) is -3.98. The largest absolute Gasteiger partial charge is 0.284 e. The SMILES string of the molecule is O=C1[C@H](c2ccccc2)SC(=NS(=O)(=O)c2ccc(Br)cc2)N1c1ccccc1. The van der Waals surface area contributed by atoms with Crippen LogP contribution in [0.1, 0.15) is 10.8 Å². The van der Waals surface area contributed by atoms with E-state index in [0.29, 0.717) is 5.69 Å². The number of amides is 1. The molecule has 1 amide bonds. The molecule has 1 fully saturated rings. The van der Waals surface area contributed by atoms with Crippen LogP contribution in [0, 0.1) is 0 Å². The zero-order valence-electron chi connectivity index (χ0n) is 15.0. The van der Waals surface area contributed by atoms with E-state index in [4.69, 9.17) is 0 Å². The zero-order valence-corrected chi connectivity index (χ0v) is 18.2. The van der Waals surface area contributed by atoms with Crippen LogP contribution in [-0.2, 0) is 14.8 Å². The fourth-order valence-electron chi connectivity index (χ4n) is 2.90. The molecule has 0 radical (unpaired) electrons. The third kappa shape index (κ3) is 4.14. The molecule has 0 bridgehead atoms. The standard InChI is InChI=1S/C21H15BrN2O3S2/c22-16-11-13-18(14-12-16)29(26,27)23-21-24(17-9-5-2-6-10-17)20(25)19(28-21)15-7-3-1-4-8-15/h1-14,19H/t19-/m0/s1. The molecule has 4 rings (SSSR count).